The van der Waals surface area contributed by atoms with E-state index in [-0.39, 0.29) is 0 Å². The van der Waals surface area contributed by atoms with E-state index >= 15 is 0 Å². The lowest BCUT2D eigenvalue weighted by molar-refractivity contribution is 0.283. The van der Waals surface area contributed by atoms with Gasteiger partial charge in [0.05, 0.1) is 23.1 Å². The number of pyridine rings is 1. The van der Waals surface area contributed by atoms with Gasteiger partial charge in [-0.1, -0.05) is 25.1 Å². The summed E-state index contributed by atoms with van der Waals surface area (Å²) in [6.07, 6.45) is 4.65. The van der Waals surface area contributed by atoms with Crippen molar-refractivity contribution in [2.75, 3.05) is 11.9 Å². The zero-order valence-corrected chi connectivity index (χ0v) is 13.2. The van der Waals surface area contributed by atoms with E-state index in [1.807, 2.05) is 24.4 Å². The highest BCUT2D eigenvalue weighted by molar-refractivity contribution is 5.82. The Morgan fingerprint density at radius 1 is 1.13 bits per heavy atom. The molecule has 116 valence electrons. The number of hydrogen-bond donors (Lipinski definition) is 1. The van der Waals surface area contributed by atoms with Crippen LogP contribution < -0.4 is 5.32 Å². The van der Waals surface area contributed by atoms with Crippen molar-refractivity contribution in [3.63, 3.8) is 0 Å². The monoisotopic (exact) mass is 305 g/mol. The van der Waals surface area contributed by atoms with E-state index in [1.54, 1.807) is 6.33 Å². The Morgan fingerprint density at radius 2 is 2.04 bits per heavy atom. The van der Waals surface area contributed by atoms with Gasteiger partial charge < -0.3 is 5.32 Å². The molecule has 1 aromatic carbocycles. The summed E-state index contributed by atoms with van der Waals surface area (Å²) in [7, 11) is 0. The second-order valence-corrected chi connectivity index (χ2v) is 5.90. The molecule has 1 aliphatic heterocycles. The van der Waals surface area contributed by atoms with E-state index in [0.29, 0.717) is 0 Å². The van der Waals surface area contributed by atoms with Gasteiger partial charge in [-0.3, -0.25) is 9.88 Å². The fourth-order valence-corrected chi connectivity index (χ4v) is 3.10. The number of para-hydroxylation sites is 1. The number of nitrogens with zero attached hydrogens (tertiary/aromatic N) is 4. The van der Waals surface area contributed by atoms with Crippen LogP contribution in [0, 0.1) is 0 Å². The van der Waals surface area contributed by atoms with E-state index in [0.717, 1.165) is 54.2 Å². The third-order valence-electron chi connectivity index (χ3n) is 4.18. The van der Waals surface area contributed by atoms with Crippen LogP contribution in [0.25, 0.3) is 10.9 Å². The van der Waals surface area contributed by atoms with Gasteiger partial charge in [0.1, 0.15) is 12.1 Å². The minimum Gasteiger partial charge on any atom is -0.339 e. The topological polar surface area (TPSA) is 53.9 Å². The molecule has 3 heterocycles. The number of hydrogen-bond acceptors (Lipinski definition) is 5. The first kappa shape index (κ1) is 14.1. The van der Waals surface area contributed by atoms with Gasteiger partial charge in [-0.05, 0) is 25.1 Å². The van der Waals surface area contributed by atoms with Gasteiger partial charge in [0, 0.05) is 24.0 Å². The fourth-order valence-electron chi connectivity index (χ4n) is 3.10. The zero-order chi connectivity index (χ0) is 15.6. The summed E-state index contributed by atoms with van der Waals surface area (Å²) in [5.41, 5.74) is 4.29. The smallest absolute Gasteiger partial charge is 0.138 e. The predicted octanol–water partition coefficient (Wildman–Crippen LogP) is 3.49. The van der Waals surface area contributed by atoms with Crippen LogP contribution in [0.4, 0.5) is 11.5 Å². The highest BCUT2D eigenvalue weighted by atomic mass is 15.2. The third-order valence-corrected chi connectivity index (χ3v) is 4.18. The van der Waals surface area contributed by atoms with Gasteiger partial charge >= 0.3 is 0 Å². The zero-order valence-electron chi connectivity index (χ0n) is 13.2. The Morgan fingerprint density at radius 3 is 2.96 bits per heavy atom. The van der Waals surface area contributed by atoms with Crippen molar-refractivity contribution in [3.05, 3.63) is 54.1 Å². The van der Waals surface area contributed by atoms with Crippen molar-refractivity contribution < 1.29 is 0 Å². The summed E-state index contributed by atoms with van der Waals surface area (Å²) in [4.78, 5) is 15.8. The molecule has 0 saturated heterocycles. The molecule has 1 N–H and O–H groups in total. The van der Waals surface area contributed by atoms with Gasteiger partial charge in [0.15, 0.2) is 0 Å². The molecule has 0 atom stereocenters. The summed E-state index contributed by atoms with van der Waals surface area (Å²) < 4.78 is 0. The maximum Gasteiger partial charge on any atom is 0.138 e. The van der Waals surface area contributed by atoms with Gasteiger partial charge in [-0.25, -0.2) is 9.97 Å². The average molecular weight is 305 g/mol. The van der Waals surface area contributed by atoms with Crippen LogP contribution in [0.5, 0.6) is 0 Å². The van der Waals surface area contributed by atoms with E-state index < -0.39 is 0 Å². The highest BCUT2D eigenvalue weighted by Gasteiger charge is 2.23. The van der Waals surface area contributed by atoms with Crippen molar-refractivity contribution in [1.82, 2.24) is 19.9 Å². The molecule has 23 heavy (non-hydrogen) atoms. The summed E-state index contributed by atoms with van der Waals surface area (Å²) in [6.45, 7) is 5.12. The Kier molecular flexibility index (Phi) is 3.63. The lowest BCUT2D eigenvalue weighted by Crippen LogP contribution is -2.17. The Labute approximate surface area is 135 Å². The molecule has 1 aliphatic rings. The van der Waals surface area contributed by atoms with Crippen LogP contribution >= 0.6 is 0 Å². The van der Waals surface area contributed by atoms with Gasteiger partial charge in [-0.2, -0.15) is 0 Å². The van der Waals surface area contributed by atoms with Crippen molar-refractivity contribution >= 4 is 22.4 Å². The SMILES string of the molecule is CCCN1Cc2ncnc(Nc3cnc4ccccc4c3)c2C1. The first-order chi connectivity index (χ1) is 11.3. The van der Waals surface area contributed by atoms with Gasteiger partial charge in [0.2, 0.25) is 0 Å². The van der Waals surface area contributed by atoms with E-state index in [1.165, 1.54) is 5.56 Å². The van der Waals surface area contributed by atoms with Crippen LogP contribution in [-0.2, 0) is 13.1 Å². The molecular weight excluding hydrogens is 286 g/mol. The fraction of sp³-hybridized carbons (Fsp3) is 0.278. The van der Waals surface area contributed by atoms with Crippen molar-refractivity contribution in [2.45, 2.75) is 26.4 Å². The summed E-state index contributed by atoms with van der Waals surface area (Å²) in [5, 5.41) is 4.54. The molecule has 0 saturated carbocycles. The minimum absolute atomic E-state index is 0.894. The molecule has 0 unspecified atom stereocenters. The third kappa shape index (κ3) is 2.75. The second kappa shape index (κ2) is 5.93. The first-order valence-electron chi connectivity index (χ1n) is 8.00. The molecule has 0 spiro atoms. The molecule has 5 heteroatoms. The summed E-state index contributed by atoms with van der Waals surface area (Å²) in [5.74, 6) is 0.894. The van der Waals surface area contributed by atoms with E-state index in [4.69, 9.17) is 0 Å². The highest BCUT2D eigenvalue weighted by Crippen LogP contribution is 2.28. The number of fused-ring (bicyclic) bond motifs is 2. The lowest BCUT2D eigenvalue weighted by atomic mass is 10.2. The molecule has 0 radical (unpaired) electrons. The average Bonchev–Trinajstić information content (AvgIpc) is 2.99. The van der Waals surface area contributed by atoms with E-state index in [2.05, 4.69) is 44.2 Å². The van der Waals surface area contributed by atoms with Crippen LogP contribution in [0.15, 0.2) is 42.9 Å². The van der Waals surface area contributed by atoms with Crippen LogP contribution in [0.1, 0.15) is 24.6 Å². The number of nitrogens with one attached hydrogen (secondary N) is 1. The molecule has 4 rings (SSSR count). The maximum atomic E-state index is 4.50. The quantitative estimate of drug-likeness (QED) is 0.799. The molecular formula is C18H19N5. The van der Waals surface area contributed by atoms with Crippen molar-refractivity contribution in [2.24, 2.45) is 0 Å². The summed E-state index contributed by atoms with van der Waals surface area (Å²) >= 11 is 0. The van der Waals surface area contributed by atoms with Crippen LogP contribution in [0.2, 0.25) is 0 Å². The second-order valence-electron chi connectivity index (χ2n) is 5.90. The normalized spacial score (nSPS) is 14.1. The van der Waals surface area contributed by atoms with Crippen molar-refractivity contribution in [1.29, 1.82) is 0 Å². The largest absolute Gasteiger partial charge is 0.339 e. The molecule has 0 fully saturated rings. The Hall–Kier alpha value is -2.53. The van der Waals surface area contributed by atoms with Crippen molar-refractivity contribution in [3.8, 4) is 0 Å². The Balaban J connectivity index is 1.63. The number of benzene rings is 1. The van der Waals surface area contributed by atoms with E-state index in [9.17, 15) is 0 Å². The Bertz CT molecular complexity index is 846. The van der Waals surface area contributed by atoms with Gasteiger partial charge in [0.25, 0.3) is 0 Å². The summed E-state index contributed by atoms with van der Waals surface area (Å²) in [6, 6.07) is 10.2. The molecule has 3 aromatic rings. The maximum absolute atomic E-state index is 4.50. The molecule has 0 aliphatic carbocycles. The molecule has 0 bridgehead atoms. The lowest BCUT2D eigenvalue weighted by Gasteiger charge is -2.12. The number of rotatable bonds is 4. The minimum atomic E-state index is 0.894. The number of anilines is 2. The molecule has 0 amide bonds. The predicted molar refractivity (Wildman–Crippen MR) is 91.5 cm³/mol. The van der Waals surface area contributed by atoms with Crippen LogP contribution in [0.3, 0.4) is 0 Å². The number of aromatic nitrogens is 3. The van der Waals surface area contributed by atoms with Crippen LogP contribution in [-0.4, -0.2) is 26.4 Å². The first-order valence-corrected chi connectivity index (χ1v) is 8.00. The van der Waals surface area contributed by atoms with Gasteiger partial charge in [-0.15, -0.1) is 0 Å². The standard InChI is InChI=1S/C18H19N5/c1-2-7-23-10-15-17(11-23)20-12-21-18(15)22-14-8-13-5-3-4-6-16(13)19-9-14/h3-6,8-9,12H,2,7,10-11H2,1H3,(H,20,21,22). The molecule has 5 nitrogen and oxygen atoms in total. The molecule has 2 aromatic heterocycles.